The summed E-state index contributed by atoms with van der Waals surface area (Å²) in [5.74, 6) is 0.555. The number of rotatable bonds is 7. The first-order valence-electron chi connectivity index (χ1n) is 9.70. The van der Waals surface area contributed by atoms with Gasteiger partial charge in [-0.2, -0.15) is 0 Å². The van der Waals surface area contributed by atoms with Crippen molar-refractivity contribution in [3.8, 4) is 0 Å². The molecule has 4 rings (SSSR count). The molecule has 0 atom stereocenters. The molecule has 0 aliphatic rings. The van der Waals surface area contributed by atoms with E-state index in [1.165, 1.54) is 6.08 Å². The highest BCUT2D eigenvalue weighted by molar-refractivity contribution is 6.03. The van der Waals surface area contributed by atoms with Gasteiger partial charge in [0, 0.05) is 11.8 Å². The molecule has 6 heteroatoms. The third-order valence-corrected chi connectivity index (χ3v) is 4.65. The number of aryl methyl sites for hydroxylation is 1. The van der Waals surface area contributed by atoms with Crippen molar-refractivity contribution in [3.05, 3.63) is 108 Å². The van der Waals surface area contributed by atoms with Crippen LogP contribution in [0.15, 0.2) is 89.7 Å². The Bertz CT molecular complexity index is 1110. The minimum Gasteiger partial charge on any atom is -0.467 e. The summed E-state index contributed by atoms with van der Waals surface area (Å²) >= 11 is 0. The average Bonchev–Trinajstić information content (AvgIpc) is 3.44. The Morgan fingerprint density at radius 3 is 2.60 bits per heavy atom. The van der Waals surface area contributed by atoms with Crippen molar-refractivity contribution in [1.82, 2.24) is 15.0 Å². The summed E-state index contributed by atoms with van der Waals surface area (Å²) in [5, 5.41) is 8.28. The maximum Gasteiger partial charge on any atom is 0.251 e. The second-order valence-electron chi connectivity index (χ2n) is 7.00. The predicted molar refractivity (Wildman–Crippen MR) is 116 cm³/mol. The lowest BCUT2D eigenvalue weighted by atomic mass is 10.2. The molecule has 0 N–H and O–H groups in total. The molecule has 0 aliphatic carbocycles. The Balaban J connectivity index is 1.49. The molecule has 0 aliphatic heterocycles. The highest BCUT2D eigenvalue weighted by Crippen LogP contribution is 2.19. The number of carbonyl (C=O) groups excluding carboxylic acids is 1. The standard InChI is InChI=1S/C24H22N4O2/c1-19-9-12-22(13-10-19)28(18-23-8-5-15-30-23)24(29)14-11-21-17-27(26-25-21)16-20-6-3-2-4-7-20/h2-15,17H,16,18H2,1H3. The summed E-state index contributed by atoms with van der Waals surface area (Å²) < 4.78 is 7.19. The number of carbonyl (C=O) groups is 1. The van der Waals surface area contributed by atoms with Gasteiger partial charge in [0.15, 0.2) is 0 Å². The number of aromatic nitrogens is 3. The molecule has 2 heterocycles. The fourth-order valence-corrected chi connectivity index (χ4v) is 3.06. The molecule has 2 aromatic heterocycles. The van der Waals surface area contributed by atoms with Crippen molar-refractivity contribution in [1.29, 1.82) is 0 Å². The largest absolute Gasteiger partial charge is 0.467 e. The molecule has 2 aromatic carbocycles. The molecule has 0 radical (unpaired) electrons. The molecule has 0 unspecified atom stereocenters. The smallest absolute Gasteiger partial charge is 0.251 e. The molecule has 0 saturated carbocycles. The summed E-state index contributed by atoms with van der Waals surface area (Å²) in [5.41, 5.74) is 3.70. The van der Waals surface area contributed by atoms with Crippen LogP contribution in [0, 0.1) is 6.92 Å². The minimum atomic E-state index is -0.159. The Labute approximate surface area is 175 Å². The SMILES string of the molecule is Cc1ccc(N(Cc2ccco2)C(=O)C=Cc2cn(Cc3ccccc3)nn2)cc1. The lowest BCUT2D eigenvalue weighted by Crippen LogP contribution is -2.28. The highest BCUT2D eigenvalue weighted by atomic mass is 16.3. The monoisotopic (exact) mass is 398 g/mol. The van der Waals surface area contributed by atoms with Gasteiger partial charge in [-0.05, 0) is 42.8 Å². The number of amides is 1. The van der Waals surface area contributed by atoms with Gasteiger partial charge in [-0.1, -0.05) is 53.2 Å². The molecule has 0 saturated heterocycles. The normalized spacial score (nSPS) is 11.1. The summed E-state index contributed by atoms with van der Waals surface area (Å²) in [4.78, 5) is 14.6. The van der Waals surface area contributed by atoms with Crippen molar-refractivity contribution >= 4 is 17.7 Å². The number of benzene rings is 2. The fourth-order valence-electron chi connectivity index (χ4n) is 3.06. The van der Waals surface area contributed by atoms with E-state index in [0.29, 0.717) is 24.5 Å². The Morgan fingerprint density at radius 1 is 1.07 bits per heavy atom. The predicted octanol–water partition coefficient (Wildman–Crippen LogP) is 4.47. The minimum absolute atomic E-state index is 0.159. The van der Waals surface area contributed by atoms with Crippen LogP contribution in [0.3, 0.4) is 0 Å². The number of hydrogen-bond acceptors (Lipinski definition) is 4. The zero-order chi connectivity index (χ0) is 20.8. The molecule has 30 heavy (non-hydrogen) atoms. The van der Waals surface area contributed by atoms with E-state index in [2.05, 4.69) is 10.3 Å². The number of hydrogen-bond donors (Lipinski definition) is 0. The van der Waals surface area contributed by atoms with Crippen LogP contribution in [-0.4, -0.2) is 20.9 Å². The summed E-state index contributed by atoms with van der Waals surface area (Å²) in [6.07, 6.45) is 6.62. The summed E-state index contributed by atoms with van der Waals surface area (Å²) in [6.45, 7) is 2.99. The summed E-state index contributed by atoms with van der Waals surface area (Å²) in [7, 11) is 0. The highest BCUT2D eigenvalue weighted by Gasteiger charge is 2.15. The molecule has 0 fully saturated rings. The van der Waals surface area contributed by atoms with Crippen LogP contribution in [-0.2, 0) is 17.9 Å². The summed E-state index contributed by atoms with van der Waals surface area (Å²) in [6, 6.07) is 21.5. The second-order valence-corrected chi connectivity index (χ2v) is 7.00. The molecule has 150 valence electrons. The topological polar surface area (TPSA) is 64.2 Å². The van der Waals surface area contributed by atoms with Gasteiger partial charge in [0.2, 0.25) is 0 Å². The van der Waals surface area contributed by atoms with Crippen LogP contribution >= 0.6 is 0 Å². The average molecular weight is 398 g/mol. The van der Waals surface area contributed by atoms with E-state index in [0.717, 1.165) is 16.8 Å². The first kappa shape index (κ1) is 19.4. The van der Waals surface area contributed by atoms with Gasteiger partial charge in [0.25, 0.3) is 5.91 Å². The van der Waals surface area contributed by atoms with Crippen molar-refractivity contribution in [3.63, 3.8) is 0 Å². The molecule has 0 bridgehead atoms. The van der Waals surface area contributed by atoms with E-state index >= 15 is 0 Å². The molecule has 4 aromatic rings. The lowest BCUT2D eigenvalue weighted by Gasteiger charge is -2.20. The maximum absolute atomic E-state index is 13.0. The van der Waals surface area contributed by atoms with Gasteiger partial charge >= 0.3 is 0 Å². The Morgan fingerprint density at radius 2 is 1.87 bits per heavy atom. The van der Waals surface area contributed by atoms with Crippen LogP contribution in [0.4, 0.5) is 5.69 Å². The second kappa shape index (κ2) is 9.05. The van der Waals surface area contributed by atoms with Crippen molar-refractivity contribution in [2.24, 2.45) is 0 Å². The molecular formula is C24H22N4O2. The van der Waals surface area contributed by atoms with Gasteiger partial charge in [-0.25, -0.2) is 4.68 Å². The first-order valence-corrected chi connectivity index (χ1v) is 9.70. The third kappa shape index (κ3) is 4.91. The zero-order valence-corrected chi connectivity index (χ0v) is 16.7. The molecular weight excluding hydrogens is 376 g/mol. The van der Waals surface area contributed by atoms with E-state index in [1.54, 1.807) is 21.9 Å². The number of furan rings is 1. The molecule has 0 spiro atoms. The quantitative estimate of drug-likeness (QED) is 0.431. The van der Waals surface area contributed by atoms with E-state index in [9.17, 15) is 4.79 Å². The van der Waals surface area contributed by atoms with Crippen LogP contribution < -0.4 is 4.90 Å². The lowest BCUT2D eigenvalue weighted by molar-refractivity contribution is -0.114. The maximum atomic E-state index is 13.0. The number of anilines is 1. The van der Waals surface area contributed by atoms with E-state index in [4.69, 9.17) is 4.42 Å². The Kier molecular flexibility index (Phi) is 5.85. The van der Waals surface area contributed by atoms with Crippen LogP contribution in [0.1, 0.15) is 22.6 Å². The first-order chi connectivity index (χ1) is 14.7. The van der Waals surface area contributed by atoms with E-state index in [-0.39, 0.29) is 5.91 Å². The van der Waals surface area contributed by atoms with E-state index < -0.39 is 0 Å². The molecule has 1 amide bonds. The zero-order valence-electron chi connectivity index (χ0n) is 16.7. The Hall–Kier alpha value is -3.93. The van der Waals surface area contributed by atoms with Crippen LogP contribution in [0.5, 0.6) is 0 Å². The van der Waals surface area contributed by atoms with Gasteiger partial charge in [-0.3, -0.25) is 4.79 Å². The fraction of sp³-hybridized carbons (Fsp3) is 0.125. The van der Waals surface area contributed by atoms with Gasteiger partial charge in [-0.15, -0.1) is 5.10 Å². The van der Waals surface area contributed by atoms with Gasteiger partial charge in [0.1, 0.15) is 11.5 Å². The van der Waals surface area contributed by atoms with Crippen molar-refractivity contribution < 1.29 is 9.21 Å². The number of nitrogens with zero attached hydrogens (tertiary/aromatic N) is 4. The molecule has 6 nitrogen and oxygen atoms in total. The van der Waals surface area contributed by atoms with Crippen LogP contribution in [0.25, 0.3) is 6.08 Å². The third-order valence-electron chi connectivity index (χ3n) is 4.65. The van der Waals surface area contributed by atoms with Gasteiger partial charge in [0.05, 0.1) is 25.5 Å². The van der Waals surface area contributed by atoms with Crippen molar-refractivity contribution in [2.75, 3.05) is 4.90 Å². The van der Waals surface area contributed by atoms with Crippen LogP contribution in [0.2, 0.25) is 0 Å². The van der Waals surface area contributed by atoms with Gasteiger partial charge < -0.3 is 9.32 Å². The van der Waals surface area contributed by atoms with Crippen molar-refractivity contribution in [2.45, 2.75) is 20.0 Å². The van der Waals surface area contributed by atoms with E-state index in [1.807, 2.05) is 79.9 Å².